The number of aromatic nitrogens is 1. The van der Waals surface area contributed by atoms with Gasteiger partial charge in [-0.05, 0) is 58.1 Å². The second-order valence-corrected chi connectivity index (χ2v) is 10.5. The number of nitrogens with zero attached hydrogens (tertiary/aromatic N) is 3. The van der Waals surface area contributed by atoms with Crippen LogP contribution in [0.4, 0.5) is 22.7 Å². The molecule has 5 nitrogen and oxygen atoms in total. The fourth-order valence-corrected chi connectivity index (χ4v) is 6.02. The van der Waals surface area contributed by atoms with E-state index >= 15 is 0 Å². The standard InChI is InChI=1S/C38H22N3O2.Pt/c1-2-11-26(12-3-1)40-24-41(33-17-6-5-16-32(33)40)27-13-8-14-28(22-27)42-35-23-31-29(20-19-25-10-9-21-39-37(25)31)38-36(35)30-15-4-7-18-34(30)43-38;/h1-21,24H;/q-3;. The third kappa shape index (κ3) is 4.16. The molecule has 6 aromatic carbocycles. The minimum Gasteiger partial charge on any atom is -0.502 e. The van der Waals surface area contributed by atoms with Crippen LogP contribution in [-0.2, 0) is 21.1 Å². The van der Waals surface area contributed by atoms with Gasteiger partial charge in [0.1, 0.15) is 5.58 Å². The Hall–Kier alpha value is -5.12. The summed E-state index contributed by atoms with van der Waals surface area (Å²) in [5, 5.41) is 4.70. The van der Waals surface area contributed by atoms with Crippen LogP contribution in [-0.4, -0.2) is 4.98 Å². The molecule has 2 aromatic heterocycles. The molecule has 1 aliphatic heterocycles. The predicted molar refractivity (Wildman–Crippen MR) is 172 cm³/mol. The Morgan fingerprint density at radius 2 is 1.48 bits per heavy atom. The van der Waals surface area contributed by atoms with E-state index in [1.165, 1.54) is 0 Å². The summed E-state index contributed by atoms with van der Waals surface area (Å²) >= 11 is 0. The maximum atomic E-state index is 6.66. The van der Waals surface area contributed by atoms with E-state index in [0.717, 1.165) is 66.4 Å². The molecule has 214 valence electrons. The molecular weight excluding hydrogens is 726 g/mol. The number of hydrogen-bond acceptors (Lipinski definition) is 5. The Bertz CT molecular complexity index is 2330. The van der Waals surface area contributed by atoms with E-state index in [9.17, 15) is 0 Å². The molecule has 0 radical (unpaired) electrons. The molecule has 0 saturated heterocycles. The van der Waals surface area contributed by atoms with Gasteiger partial charge in [-0.1, -0.05) is 78.2 Å². The molecule has 0 unspecified atom stereocenters. The summed E-state index contributed by atoms with van der Waals surface area (Å²) in [5.41, 5.74) is 6.53. The van der Waals surface area contributed by atoms with Gasteiger partial charge >= 0.3 is 0 Å². The summed E-state index contributed by atoms with van der Waals surface area (Å²) in [5.74, 6) is 1.16. The Morgan fingerprint density at radius 1 is 0.682 bits per heavy atom. The van der Waals surface area contributed by atoms with Crippen molar-refractivity contribution in [1.29, 1.82) is 0 Å². The molecule has 0 amide bonds. The van der Waals surface area contributed by atoms with Crippen molar-refractivity contribution in [1.82, 2.24) is 4.98 Å². The summed E-state index contributed by atoms with van der Waals surface area (Å²) < 4.78 is 13.1. The number of fused-ring (bicyclic) bond motifs is 8. The van der Waals surface area contributed by atoms with Gasteiger partial charge in [-0.25, -0.2) is 0 Å². The summed E-state index contributed by atoms with van der Waals surface area (Å²) in [7, 11) is 0. The zero-order chi connectivity index (χ0) is 28.3. The van der Waals surface area contributed by atoms with Gasteiger partial charge in [0, 0.05) is 50.1 Å². The molecule has 0 N–H and O–H groups in total. The van der Waals surface area contributed by atoms with Crippen molar-refractivity contribution in [3.05, 3.63) is 146 Å². The quantitative estimate of drug-likeness (QED) is 0.133. The second kappa shape index (κ2) is 10.5. The van der Waals surface area contributed by atoms with Gasteiger partial charge in [0.25, 0.3) is 0 Å². The first kappa shape index (κ1) is 26.5. The van der Waals surface area contributed by atoms with Crippen molar-refractivity contribution in [2.45, 2.75) is 0 Å². The van der Waals surface area contributed by atoms with Crippen LogP contribution in [0, 0.1) is 18.8 Å². The van der Waals surface area contributed by atoms with Crippen LogP contribution in [0.5, 0.6) is 11.5 Å². The van der Waals surface area contributed by atoms with E-state index in [2.05, 4.69) is 94.2 Å². The van der Waals surface area contributed by atoms with Gasteiger partial charge in [0.15, 0.2) is 0 Å². The van der Waals surface area contributed by atoms with E-state index < -0.39 is 0 Å². The van der Waals surface area contributed by atoms with Crippen molar-refractivity contribution in [3.8, 4) is 11.5 Å². The Labute approximate surface area is 268 Å². The Balaban J connectivity index is 0.00000289. The van der Waals surface area contributed by atoms with Crippen molar-refractivity contribution in [2.24, 2.45) is 0 Å². The number of anilines is 4. The molecule has 0 fully saturated rings. The van der Waals surface area contributed by atoms with E-state index in [1.54, 1.807) is 6.20 Å². The molecule has 0 aliphatic carbocycles. The van der Waals surface area contributed by atoms with Gasteiger partial charge in [-0.2, -0.15) is 6.07 Å². The van der Waals surface area contributed by atoms with Crippen LogP contribution in [0.2, 0.25) is 0 Å². The maximum absolute atomic E-state index is 6.66. The number of ether oxygens (including phenoxy) is 1. The van der Waals surface area contributed by atoms with Crippen LogP contribution < -0.4 is 14.5 Å². The van der Waals surface area contributed by atoms with Gasteiger partial charge < -0.3 is 23.9 Å². The summed E-state index contributed by atoms with van der Waals surface area (Å²) in [4.78, 5) is 9.01. The Morgan fingerprint density at radius 3 is 2.36 bits per heavy atom. The predicted octanol–water partition coefficient (Wildman–Crippen LogP) is 10.1. The largest absolute Gasteiger partial charge is 0.502 e. The third-order valence-corrected chi connectivity index (χ3v) is 7.97. The minimum absolute atomic E-state index is 0. The number of benzene rings is 6. The topological polar surface area (TPSA) is 41.7 Å². The maximum Gasteiger partial charge on any atom is 0.123 e. The van der Waals surface area contributed by atoms with Crippen molar-refractivity contribution < 1.29 is 30.2 Å². The summed E-state index contributed by atoms with van der Waals surface area (Å²) in [6.45, 7) is 2.09. The zero-order valence-corrected chi connectivity index (χ0v) is 25.4. The first-order chi connectivity index (χ1) is 21.3. The van der Waals surface area contributed by atoms with Crippen molar-refractivity contribution in [2.75, 3.05) is 9.80 Å². The molecule has 0 spiro atoms. The third-order valence-electron chi connectivity index (χ3n) is 7.97. The fraction of sp³-hybridized carbons (Fsp3) is 0. The first-order valence-corrected chi connectivity index (χ1v) is 14.1. The summed E-state index contributed by atoms with van der Waals surface area (Å²) in [6, 6.07) is 47.9. The van der Waals surface area contributed by atoms with Crippen LogP contribution in [0.1, 0.15) is 0 Å². The van der Waals surface area contributed by atoms with Crippen LogP contribution in [0.3, 0.4) is 0 Å². The smallest absolute Gasteiger partial charge is 0.123 e. The Kier molecular flexibility index (Phi) is 6.35. The van der Waals surface area contributed by atoms with E-state index in [4.69, 9.17) is 9.15 Å². The number of hydrogen-bond donors (Lipinski definition) is 0. The normalized spacial score (nSPS) is 12.6. The second-order valence-electron chi connectivity index (χ2n) is 10.5. The summed E-state index contributed by atoms with van der Waals surface area (Å²) in [6.07, 6.45) is 1.80. The average molecular weight is 748 g/mol. The van der Waals surface area contributed by atoms with E-state index in [-0.39, 0.29) is 21.1 Å². The van der Waals surface area contributed by atoms with Crippen molar-refractivity contribution >= 4 is 66.4 Å². The number of furan rings is 1. The fourth-order valence-electron chi connectivity index (χ4n) is 6.02. The van der Waals surface area contributed by atoms with Gasteiger partial charge in [0.2, 0.25) is 0 Å². The van der Waals surface area contributed by atoms with E-state index in [1.807, 2.05) is 60.7 Å². The van der Waals surface area contributed by atoms with Gasteiger partial charge in [-0.15, -0.1) is 35.9 Å². The molecule has 1 aliphatic rings. The molecule has 8 aromatic rings. The molecule has 6 heteroatoms. The number of pyridine rings is 1. The van der Waals surface area contributed by atoms with Crippen LogP contribution in [0.15, 0.2) is 132 Å². The zero-order valence-electron chi connectivity index (χ0n) is 23.2. The SMILES string of the molecule is [Pt].[c-]1c(Oc2[c-]c3c(ccc4cccnc43)c3oc4ccccc4c23)cccc1N1[CH-]N(c2ccccc2)c2ccccc21. The molecule has 0 atom stereocenters. The molecule has 0 saturated carbocycles. The van der Waals surface area contributed by atoms with Crippen LogP contribution >= 0.6 is 0 Å². The first-order valence-electron chi connectivity index (χ1n) is 14.1. The number of rotatable bonds is 4. The average Bonchev–Trinajstić information content (AvgIpc) is 3.65. The molecule has 9 rings (SSSR count). The molecule has 3 heterocycles. The molecule has 44 heavy (non-hydrogen) atoms. The molecule has 0 bridgehead atoms. The molecular formula is C38H22N3O2Pt-3. The number of para-hydroxylation sites is 4. The monoisotopic (exact) mass is 747 g/mol. The van der Waals surface area contributed by atoms with E-state index in [0.29, 0.717) is 11.5 Å². The van der Waals surface area contributed by atoms with Gasteiger partial charge in [-0.3, -0.25) is 0 Å². The van der Waals surface area contributed by atoms with Crippen LogP contribution in [0.25, 0.3) is 43.6 Å². The van der Waals surface area contributed by atoms with Gasteiger partial charge in [0.05, 0.1) is 11.3 Å². The minimum atomic E-state index is 0. The van der Waals surface area contributed by atoms with Crippen molar-refractivity contribution in [3.63, 3.8) is 0 Å².